The minimum atomic E-state index is 0.283. The smallest absolute Gasteiger partial charge is 0.198 e. The number of nitrogens with zero attached hydrogens (tertiary/aromatic N) is 4. The van der Waals surface area contributed by atoms with Crippen molar-refractivity contribution in [1.29, 1.82) is 0 Å². The number of H-pyrrole nitrogens is 1. The van der Waals surface area contributed by atoms with Gasteiger partial charge < -0.3 is 19.0 Å². The minimum absolute atomic E-state index is 0.283. The van der Waals surface area contributed by atoms with Crippen molar-refractivity contribution in [1.82, 2.24) is 19.9 Å². The van der Waals surface area contributed by atoms with Crippen LogP contribution in [0.15, 0.2) is 41.1 Å². The van der Waals surface area contributed by atoms with Crippen LogP contribution < -0.4 is 4.90 Å². The van der Waals surface area contributed by atoms with Gasteiger partial charge in [-0.1, -0.05) is 0 Å². The average Bonchev–Trinajstić information content (AvgIpc) is 3.46. The number of anilines is 1. The molecule has 0 bridgehead atoms. The lowest BCUT2D eigenvalue weighted by molar-refractivity contribution is 0.121. The number of benzene rings is 1. The number of hydrogen-bond acceptors (Lipinski definition) is 6. The number of aromatic nitrogens is 4. The molecule has 1 N–H and O–H groups in total. The summed E-state index contributed by atoms with van der Waals surface area (Å²) in [7, 11) is 1.78. The molecule has 0 amide bonds. The van der Waals surface area contributed by atoms with E-state index < -0.39 is 0 Å². The Morgan fingerprint density at radius 2 is 2.07 bits per heavy atom. The first kappa shape index (κ1) is 17.9. The summed E-state index contributed by atoms with van der Waals surface area (Å²) in [6.07, 6.45) is 2.98. The van der Waals surface area contributed by atoms with Crippen molar-refractivity contribution in [2.24, 2.45) is 0 Å². The summed E-state index contributed by atoms with van der Waals surface area (Å²) >= 11 is 0. The monoisotopic (exact) mass is 389 g/mol. The molecule has 1 aromatic carbocycles. The quantitative estimate of drug-likeness (QED) is 0.565. The van der Waals surface area contributed by atoms with E-state index in [1.807, 2.05) is 19.1 Å². The number of fused-ring (bicyclic) bond motifs is 1. The third kappa shape index (κ3) is 3.27. The Morgan fingerprint density at radius 1 is 1.17 bits per heavy atom. The molecule has 1 fully saturated rings. The number of furan rings is 1. The van der Waals surface area contributed by atoms with Gasteiger partial charge in [0.15, 0.2) is 17.2 Å². The highest BCUT2D eigenvalue weighted by Gasteiger charge is 2.23. The van der Waals surface area contributed by atoms with Crippen molar-refractivity contribution in [3.05, 3.63) is 48.0 Å². The van der Waals surface area contributed by atoms with Crippen LogP contribution in [-0.2, 0) is 4.74 Å². The zero-order valence-corrected chi connectivity index (χ0v) is 16.8. The summed E-state index contributed by atoms with van der Waals surface area (Å²) in [6, 6.07) is 10.4. The molecule has 1 aliphatic heterocycles. The Labute approximate surface area is 168 Å². The predicted molar refractivity (Wildman–Crippen MR) is 112 cm³/mol. The van der Waals surface area contributed by atoms with Crippen molar-refractivity contribution in [3.8, 4) is 22.8 Å². The fourth-order valence-electron chi connectivity index (χ4n) is 3.94. The molecule has 0 saturated carbocycles. The lowest BCUT2D eigenvalue weighted by Gasteiger charge is -2.20. The Morgan fingerprint density at radius 3 is 2.83 bits per heavy atom. The molecule has 29 heavy (non-hydrogen) atoms. The second-order valence-electron chi connectivity index (χ2n) is 7.56. The zero-order valence-electron chi connectivity index (χ0n) is 16.8. The maximum atomic E-state index is 5.75. The highest BCUT2D eigenvalue weighted by atomic mass is 16.5. The first-order chi connectivity index (χ1) is 14.1. The molecule has 148 valence electrons. The van der Waals surface area contributed by atoms with E-state index in [1.165, 1.54) is 11.3 Å². The molecule has 5 rings (SSSR count). The molecule has 7 heteroatoms. The van der Waals surface area contributed by atoms with E-state index in [2.05, 4.69) is 45.0 Å². The number of nitrogens with one attached hydrogen (secondary N) is 1. The maximum Gasteiger partial charge on any atom is 0.198 e. The minimum Gasteiger partial charge on any atom is -0.458 e. The van der Waals surface area contributed by atoms with E-state index in [0.717, 1.165) is 42.0 Å². The molecule has 4 aromatic rings. The fraction of sp³-hybridized carbons (Fsp3) is 0.318. The van der Waals surface area contributed by atoms with Crippen molar-refractivity contribution in [2.45, 2.75) is 26.4 Å². The molecule has 1 saturated heterocycles. The Hall–Kier alpha value is -3.19. The van der Waals surface area contributed by atoms with Crippen LogP contribution >= 0.6 is 0 Å². The van der Waals surface area contributed by atoms with Crippen molar-refractivity contribution >= 4 is 16.9 Å². The number of rotatable bonds is 4. The van der Waals surface area contributed by atoms with E-state index in [1.54, 1.807) is 13.4 Å². The number of aryl methyl sites for hydroxylation is 2. The zero-order chi connectivity index (χ0) is 20.0. The lowest BCUT2D eigenvalue weighted by atomic mass is 10.1. The second kappa shape index (κ2) is 7.00. The summed E-state index contributed by atoms with van der Waals surface area (Å²) in [6.45, 7) is 5.91. The molecule has 1 unspecified atom stereocenters. The van der Waals surface area contributed by atoms with Gasteiger partial charge in [-0.15, -0.1) is 0 Å². The first-order valence-electron chi connectivity index (χ1n) is 9.78. The lowest BCUT2D eigenvalue weighted by Crippen LogP contribution is -2.22. The van der Waals surface area contributed by atoms with Crippen LogP contribution in [0.1, 0.15) is 17.7 Å². The number of ether oxygens (including phenoxy) is 1. The van der Waals surface area contributed by atoms with Gasteiger partial charge in [-0.2, -0.15) is 0 Å². The van der Waals surface area contributed by atoms with Gasteiger partial charge in [-0.25, -0.2) is 15.0 Å². The molecular weight excluding hydrogens is 366 g/mol. The summed E-state index contributed by atoms with van der Waals surface area (Å²) in [5.41, 5.74) is 5.67. The van der Waals surface area contributed by atoms with Gasteiger partial charge in [0.05, 0.1) is 12.4 Å². The second-order valence-corrected chi connectivity index (χ2v) is 7.56. The van der Waals surface area contributed by atoms with Gasteiger partial charge in [0.25, 0.3) is 0 Å². The van der Waals surface area contributed by atoms with Crippen LogP contribution in [-0.4, -0.2) is 46.2 Å². The van der Waals surface area contributed by atoms with Crippen LogP contribution in [0.5, 0.6) is 0 Å². The molecule has 0 aliphatic carbocycles. The fourth-order valence-corrected chi connectivity index (χ4v) is 3.94. The van der Waals surface area contributed by atoms with Crippen molar-refractivity contribution < 1.29 is 9.15 Å². The van der Waals surface area contributed by atoms with Gasteiger partial charge in [-0.05, 0) is 56.2 Å². The number of imidazole rings is 1. The Balaban J connectivity index is 1.63. The van der Waals surface area contributed by atoms with E-state index in [4.69, 9.17) is 14.1 Å². The van der Waals surface area contributed by atoms with Crippen LogP contribution in [0, 0.1) is 13.8 Å². The SMILES string of the molecule is COC1CCN(c2cc(C)cc(-c3nc(-c4ccc(C)o4)nc4nc[nH]c34)c2)C1. The van der Waals surface area contributed by atoms with Crippen LogP contribution in [0.4, 0.5) is 5.69 Å². The maximum absolute atomic E-state index is 5.75. The summed E-state index contributed by atoms with van der Waals surface area (Å²) in [5.74, 6) is 2.01. The predicted octanol–water partition coefficient (Wildman–Crippen LogP) is 4.12. The summed E-state index contributed by atoms with van der Waals surface area (Å²) in [4.78, 5) is 19.4. The molecule has 7 nitrogen and oxygen atoms in total. The third-order valence-corrected chi connectivity index (χ3v) is 5.43. The molecule has 0 radical (unpaired) electrons. The number of aromatic amines is 1. The molecule has 3 aromatic heterocycles. The molecule has 1 atom stereocenters. The van der Waals surface area contributed by atoms with E-state index >= 15 is 0 Å². The molecular formula is C22H23N5O2. The van der Waals surface area contributed by atoms with Gasteiger partial charge in [0, 0.05) is 31.5 Å². The summed E-state index contributed by atoms with van der Waals surface area (Å²) < 4.78 is 11.3. The standard InChI is InChI=1S/C22H23N5O2/c1-13-8-15(10-16(9-13)27-7-6-17(11-27)28-3)19-20-22(24-12-23-20)26-21(25-19)18-5-4-14(2)29-18/h4-5,8-10,12,17H,6-7,11H2,1-3H3,(H,23,24,25,26). The van der Waals surface area contributed by atoms with Gasteiger partial charge in [0.1, 0.15) is 17.0 Å². The summed E-state index contributed by atoms with van der Waals surface area (Å²) in [5, 5.41) is 0. The third-order valence-electron chi connectivity index (χ3n) is 5.43. The van der Waals surface area contributed by atoms with E-state index in [0.29, 0.717) is 17.2 Å². The van der Waals surface area contributed by atoms with Gasteiger partial charge >= 0.3 is 0 Å². The number of methoxy groups -OCH3 is 1. The van der Waals surface area contributed by atoms with Crippen LogP contribution in [0.2, 0.25) is 0 Å². The Kier molecular flexibility index (Phi) is 4.32. The molecule has 0 spiro atoms. The van der Waals surface area contributed by atoms with Gasteiger partial charge in [-0.3, -0.25) is 0 Å². The van der Waals surface area contributed by atoms with Crippen molar-refractivity contribution in [2.75, 3.05) is 25.1 Å². The topological polar surface area (TPSA) is 80.1 Å². The van der Waals surface area contributed by atoms with Crippen LogP contribution in [0.3, 0.4) is 0 Å². The van der Waals surface area contributed by atoms with Crippen molar-refractivity contribution in [3.63, 3.8) is 0 Å². The van der Waals surface area contributed by atoms with E-state index in [-0.39, 0.29) is 6.10 Å². The molecule has 4 heterocycles. The largest absolute Gasteiger partial charge is 0.458 e. The van der Waals surface area contributed by atoms with E-state index in [9.17, 15) is 0 Å². The van der Waals surface area contributed by atoms with Crippen LogP contribution in [0.25, 0.3) is 34.0 Å². The Bertz CT molecular complexity index is 1180. The number of hydrogen-bond donors (Lipinski definition) is 1. The highest BCUT2D eigenvalue weighted by molar-refractivity contribution is 5.89. The average molecular weight is 389 g/mol. The first-order valence-corrected chi connectivity index (χ1v) is 9.78. The normalized spacial score (nSPS) is 16.8. The molecule has 1 aliphatic rings. The van der Waals surface area contributed by atoms with Gasteiger partial charge in [0.2, 0.25) is 0 Å². The highest BCUT2D eigenvalue weighted by Crippen LogP contribution is 2.32.